The molecular weight excluding hydrogens is 446 g/mol. The molecule has 0 fully saturated rings. The van der Waals surface area contributed by atoms with Gasteiger partial charge in [-0.25, -0.2) is 24.3 Å². The summed E-state index contributed by atoms with van der Waals surface area (Å²) in [4.78, 5) is 23.8. The first-order chi connectivity index (χ1) is 13.4. The van der Waals surface area contributed by atoms with Crippen molar-refractivity contribution in [3.05, 3.63) is 109 Å². The number of hydrogen-bond donors (Lipinski definition) is 0. The summed E-state index contributed by atoms with van der Waals surface area (Å²) in [6.07, 6.45) is 0. The maximum absolute atomic E-state index is 11.9. The Labute approximate surface area is 181 Å². The molecule has 0 N–H and O–H groups in total. The van der Waals surface area contributed by atoms with Gasteiger partial charge in [0.1, 0.15) is 0 Å². The standard InChI is InChI=1S/2C11H10O2P.Fe/c2*12-14(13,11-8-4-5-9-11)10-6-2-1-3-7-10;/h2*1-9H,(H,12,13);/q2*-1;+4/p-2. The number of rotatable bonds is 4. The molecule has 0 aliphatic heterocycles. The molecule has 2 unspecified atom stereocenters. The second-order valence-corrected chi connectivity index (χ2v) is 10.3. The van der Waals surface area contributed by atoms with E-state index in [2.05, 4.69) is 0 Å². The van der Waals surface area contributed by atoms with Crippen LogP contribution in [-0.2, 0) is 26.2 Å². The summed E-state index contributed by atoms with van der Waals surface area (Å²) in [7, 11) is -7.20. The van der Waals surface area contributed by atoms with E-state index in [1.807, 2.05) is 0 Å². The first-order valence-corrected chi connectivity index (χ1v) is 11.9. The van der Waals surface area contributed by atoms with Gasteiger partial charge >= 0.3 is 17.1 Å². The van der Waals surface area contributed by atoms with E-state index in [9.17, 15) is 18.9 Å². The summed E-state index contributed by atoms with van der Waals surface area (Å²) in [5, 5.41) is 1.49. The molecule has 4 aromatic rings. The fraction of sp³-hybridized carbons (Fsp3) is 0. The molecule has 4 rings (SSSR count). The molecule has 7 heteroatoms. The van der Waals surface area contributed by atoms with Crippen LogP contribution in [0.25, 0.3) is 0 Å². The molecule has 0 spiro atoms. The van der Waals surface area contributed by atoms with Gasteiger partial charge in [0.15, 0.2) is 0 Å². The third-order valence-corrected chi connectivity index (χ3v) is 8.07. The smallest absolute Gasteiger partial charge is 0.802 e. The Morgan fingerprint density at radius 1 is 0.517 bits per heavy atom. The van der Waals surface area contributed by atoms with Gasteiger partial charge in [0.05, 0.1) is 0 Å². The van der Waals surface area contributed by atoms with Crippen molar-refractivity contribution in [1.29, 1.82) is 0 Å². The van der Waals surface area contributed by atoms with Crippen molar-refractivity contribution in [1.82, 2.24) is 0 Å². The van der Waals surface area contributed by atoms with E-state index in [4.69, 9.17) is 0 Å². The summed E-state index contributed by atoms with van der Waals surface area (Å²) in [6, 6.07) is 30.3. The van der Waals surface area contributed by atoms with Crippen molar-refractivity contribution in [3.63, 3.8) is 0 Å². The molecule has 0 radical (unpaired) electrons. The Hall–Kier alpha value is -1.96. The average Bonchev–Trinajstić information content (AvgIpc) is 3.44. The third-order valence-electron chi connectivity index (χ3n) is 4.16. The average molecular weight is 464 g/mol. The predicted molar refractivity (Wildman–Crippen MR) is 111 cm³/mol. The molecule has 0 saturated heterocycles. The second kappa shape index (κ2) is 10.2. The van der Waals surface area contributed by atoms with E-state index in [0.717, 1.165) is 0 Å². The van der Waals surface area contributed by atoms with Crippen LogP contribution in [0.2, 0.25) is 0 Å². The Balaban J connectivity index is 0.000000200. The summed E-state index contributed by atoms with van der Waals surface area (Å²) in [5.74, 6) is 0. The SMILES string of the molecule is O=P([O-])(c1ccccc1)[c-]1cccc1.O=P([O-])(c1ccccc1)[c-]1cccc1.[Fe+4]. The van der Waals surface area contributed by atoms with Crippen LogP contribution < -0.4 is 31.0 Å². The zero-order valence-corrected chi connectivity index (χ0v) is 18.2. The topological polar surface area (TPSA) is 80.3 Å². The van der Waals surface area contributed by atoms with Gasteiger partial charge in [-0.2, -0.15) is 24.3 Å². The van der Waals surface area contributed by atoms with Crippen LogP contribution in [-0.4, -0.2) is 0 Å². The van der Waals surface area contributed by atoms with Crippen molar-refractivity contribution < 1.29 is 36.0 Å². The van der Waals surface area contributed by atoms with Crippen LogP contribution >= 0.6 is 14.7 Å². The van der Waals surface area contributed by atoms with Gasteiger partial charge in [0.25, 0.3) is 0 Å². The molecule has 4 aromatic carbocycles. The third kappa shape index (κ3) is 5.56. The second-order valence-electron chi connectivity index (χ2n) is 6.06. The first-order valence-electron chi connectivity index (χ1n) is 8.60. The molecule has 0 aliphatic rings. The van der Waals surface area contributed by atoms with Crippen molar-refractivity contribution in [2.24, 2.45) is 0 Å². The van der Waals surface area contributed by atoms with E-state index in [1.165, 1.54) is 0 Å². The van der Waals surface area contributed by atoms with Crippen molar-refractivity contribution in [3.8, 4) is 0 Å². The minimum atomic E-state index is -3.60. The normalized spacial score (nSPS) is 14.4. The molecule has 0 saturated carbocycles. The van der Waals surface area contributed by atoms with Crippen LogP contribution in [0.1, 0.15) is 0 Å². The summed E-state index contributed by atoms with van der Waals surface area (Å²) in [5.41, 5.74) is 0. The zero-order chi connectivity index (χ0) is 20.0. The van der Waals surface area contributed by atoms with Gasteiger partial charge < -0.3 is 18.9 Å². The molecule has 0 amide bonds. The molecule has 148 valence electrons. The van der Waals surface area contributed by atoms with E-state index in [-0.39, 0.29) is 17.1 Å². The van der Waals surface area contributed by atoms with Crippen LogP contribution in [0.5, 0.6) is 0 Å². The molecule has 2 atom stereocenters. The Bertz CT molecular complexity index is 987. The monoisotopic (exact) mass is 464 g/mol. The molecule has 0 bridgehead atoms. The zero-order valence-electron chi connectivity index (χ0n) is 15.3. The maximum atomic E-state index is 11.9. The minimum Gasteiger partial charge on any atom is -0.802 e. The first kappa shape index (κ1) is 23.3. The van der Waals surface area contributed by atoms with Crippen molar-refractivity contribution in [2.45, 2.75) is 0 Å². The molecule has 29 heavy (non-hydrogen) atoms. The Kier molecular flexibility index (Phi) is 8.19. The molecule has 0 aromatic heterocycles. The summed E-state index contributed by atoms with van der Waals surface area (Å²) >= 11 is 0. The Morgan fingerprint density at radius 3 is 1.07 bits per heavy atom. The van der Waals surface area contributed by atoms with Gasteiger partial charge in [-0.3, -0.25) is 0 Å². The van der Waals surface area contributed by atoms with Gasteiger partial charge in [-0.1, -0.05) is 60.7 Å². The van der Waals surface area contributed by atoms with E-state index < -0.39 is 14.7 Å². The van der Waals surface area contributed by atoms with Gasteiger partial charge in [-0.05, 0) is 10.6 Å². The quantitative estimate of drug-likeness (QED) is 0.263. The van der Waals surface area contributed by atoms with Crippen LogP contribution in [0.3, 0.4) is 0 Å². The predicted octanol–water partition coefficient (Wildman–Crippen LogP) is 1.99. The van der Waals surface area contributed by atoms with Crippen LogP contribution in [0, 0.1) is 0 Å². The van der Waals surface area contributed by atoms with Crippen molar-refractivity contribution >= 4 is 36.0 Å². The Morgan fingerprint density at radius 2 is 0.793 bits per heavy atom. The molecular formula is C22H18FeO4P2. The largest absolute Gasteiger partial charge is 4.00 e. The fourth-order valence-electron chi connectivity index (χ4n) is 2.67. The van der Waals surface area contributed by atoms with E-state index in [0.29, 0.717) is 21.2 Å². The van der Waals surface area contributed by atoms with E-state index in [1.54, 1.807) is 109 Å². The number of benzene rings is 2. The number of hydrogen-bond acceptors (Lipinski definition) is 4. The van der Waals surface area contributed by atoms with Crippen LogP contribution in [0.15, 0.2) is 109 Å². The maximum Gasteiger partial charge on any atom is 4.00 e. The fourth-order valence-corrected chi connectivity index (χ4v) is 5.52. The summed E-state index contributed by atoms with van der Waals surface area (Å²) < 4.78 is 23.8. The molecule has 0 heterocycles. The van der Waals surface area contributed by atoms with Crippen molar-refractivity contribution in [2.75, 3.05) is 0 Å². The van der Waals surface area contributed by atoms with Gasteiger partial charge in [0.2, 0.25) is 0 Å². The molecule has 0 aliphatic carbocycles. The summed E-state index contributed by atoms with van der Waals surface area (Å²) in [6.45, 7) is 0. The van der Waals surface area contributed by atoms with Gasteiger partial charge in [-0.15, -0.1) is 10.6 Å². The molecule has 4 nitrogen and oxygen atoms in total. The van der Waals surface area contributed by atoms with Gasteiger partial charge in [0, 0.05) is 14.7 Å². The van der Waals surface area contributed by atoms with E-state index >= 15 is 0 Å². The van der Waals surface area contributed by atoms with Crippen LogP contribution in [0.4, 0.5) is 0 Å². The minimum absolute atomic E-state index is 0.